The first-order valence-electron chi connectivity index (χ1n) is 6.67. The Morgan fingerprint density at radius 3 is 2.89 bits per heavy atom. The molecule has 1 amide bonds. The first-order valence-corrected chi connectivity index (χ1v) is 6.67. The van der Waals surface area contributed by atoms with Gasteiger partial charge in [-0.3, -0.25) is 19.7 Å². The number of hydrogen-bond acceptors (Lipinski definition) is 5. The van der Waals surface area contributed by atoms with Crippen LogP contribution in [0.25, 0.3) is 0 Å². The molecule has 1 aliphatic heterocycles. The standard InChI is InChI=1S/C13H21N5O/c1-17(11-12-10-15-3-4-16-12)7-2-13(19)18-8-5-14-6-9-18/h3-4,10,14H,2,5-9,11H2,1H3. The monoisotopic (exact) mass is 263 g/mol. The van der Waals surface area contributed by atoms with E-state index in [1.807, 2.05) is 11.9 Å². The molecule has 1 saturated heterocycles. The molecule has 1 N–H and O–H groups in total. The summed E-state index contributed by atoms with van der Waals surface area (Å²) in [5.41, 5.74) is 0.930. The van der Waals surface area contributed by atoms with Crippen LogP contribution in [-0.2, 0) is 11.3 Å². The van der Waals surface area contributed by atoms with Crippen molar-refractivity contribution in [2.75, 3.05) is 39.8 Å². The Kier molecular flexibility index (Phi) is 5.23. The first kappa shape index (κ1) is 13.9. The van der Waals surface area contributed by atoms with Crippen molar-refractivity contribution >= 4 is 5.91 Å². The van der Waals surface area contributed by atoms with Crippen LogP contribution in [0.15, 0.2) is 18.6 Å². The molecule has 1 aliphatic rings. The molecule has 1 aromatic rings. The summed E-state index contributed by atoms with van der Waals surface area (Å²) in [7, 11) is 2.00. The second-order valence-corrected chi connectivity index (χ2v) is 4.82. The molecular formula is C13H21N5O. The molecule has 2 heterocycles. The molecule has 6 nitrogen and oxygen atoms in total. The highest BCUT2D eigenvalue weighted by Crippen LogP contribution is 2.01. The van der Waals surface area contributed by atoms with Gasteiger partial charge in [-0.15, -0.1) is 0 Å². The summed E-state index contributed by atoms with van der Waals surface area (Å²) in [5, 5.41) is 3.25. The summed E-state index contributed by atoms with van der Waals surface area (Å²) in [6.45, 7) is 4.93. The third kappa shape index (κ3) is 4.57. The maximum Gasteiger partial charge on any atom is 0.223 e. The smallest absolute Gasteiger partial charge is 0.223 e. The number of amides is 1. The topological polar surface area (TPSA) is 61.4 Å². The minimum absolute atomic E-state index is 0.243. The summed E-state index contributed by atoms with van der Waals surface area (Å²) < 4.78 is 0. The van der Waals surface area contributed by atoms with E-state index in [1.165, 1.54) is 0 Å². The maximum absolute atomic E-state index is 12.0. The fourth-order valence-electron chi connectivity index (χ4n) is 2.13. The van der Waals surface area contributed by atoms with Crippen LogP contribution in [0.4, 0.5) is 0 Å². The van der Waals surface area contributed by atoms with Gasteiger partial charge in [0, 0.05) is 64.3 Å². The van der Waals surface area contributed by atoms with Gasteiger partial charge in [-0.05, 0) is 7.05 Å². The SMILES string of the molecule is CN(CCC(=O)N1CCNCC1)Cc1cnccn1. The molecule has 19 heavy (non-hydrogen) atoms. The van der Waals surface area contributed by atoms with Gasteiger partial charge in [0.15, 0.2) is 0 Å². The van der Waals surface area contributed by atoms with Gasteiger partial charge in [0.05, 0.1) is 5.69 Å². The van der Waals surface area contributed by atoms with E-state index in [-0.39, 0.29) is 5.91 Å². The van der Waals surface area contributed by atoms with Crippen LogP contribution in [-0.4, -0.2) is 65.4 Å². The Labute approximate surface area is 113 Å². The van der Waals surface area contributed by atoms with Crippen LogP contribution >= 0.6 is 0 Å². The van der Waals surface area contributed by atoms with Crippen LogP contribution in [0, 0.1) is 0 Å². The zero-order valence-corrected chi connectivity index (χ0v) is 11.4. The van der Waals surface area contributed by atoms with Crippen molar-refractivity contribution in [2.45, 2.75) is 13.0 Å². The Balaban J connectivity index is 1.71. The van der Waals surface area contributed by atoms with Gasteiger partial charge in [-0.2, -0.15) is 0 Å². The lowest BCUT2D eigenvalue weighted by atomic mass is 10.3. The molecule has 0 unspecified atom stereocenters. The van der Waals surface area contributed by atoms with E-state index in [0.717, 1.165) is 45.0 Å². The second kappa shape index (κ2) is 7.16. The van der Waals surface area contributed by atoms with Gasteiger partial charge >= 0.3 is 0 Å². The summed E-state index contributed by atoms with van der Waals surface area (Å²) in [5.74, 6) is 0.243. The largest absolute Gasteiger partial charge is 0.340 e. The van der Waals surface area contributed by atoms with Crippen LogP contribution in [0.3, 0.4) is 0 Å². The molecular weight excluding hydrogens is 242 g/mol. The summed E-state index contributed by atoms with van der Waals surface area (Å²) in [6, 6.07) is 0. The molecule has 104 valence electrons. The van der Waals surface area contributed by atoms with Crippen molar-refractivity contribution < 1.29 is 4.79 Å². The number of rotatable bonds is 5. The van der Waals surface area contributed by atoms with Gasteiger partial charge in [0.2, 0.25) is 5.91 Å². The number of nitrogens with zero attached hydrogens (tertiary/aromatic N) is 4. The zero-order chi connectivity index (χ0) is 13.5. The van der Waals surface area contributed by atoms with Crippen molar-refractivity contribution in [3.05, 3.63) is 24.3 Å². The quantitative estimate of drug-likeness (QED) is 0.792. The van der Waals surface area contributed by atoms with Crippen LogP contribution in [0.5, 0.6) is 0 Å². The molecule has 2 rings (SSSR count). The predicted octanol–water partition coefficient (Wildman–Crippen LogP) is -0.270. The highest BCUT2D eigenvalue weighted by Gasteiger charge is 2.16. The van der Waals surface area contributed by atoms with E-state index in [9.17, 15) is 4.79 Å². The van der Waals surface area contributed by atoms with E-state index in [2.05, 4.69) is 20.2 Å². The van der Waals surface area contributed by atoms with E-state index in [1.54, 1.807) is 18.6 Å². The number of nitrogens with one attached hydrogen (secondary N) is 1. The minimum Gasteiger partial charge on any atom is -0.340 e. The average Bonchev–Trinajstić information content (AvgIpc) is 2.47. The number of piperazine rings is 1. The molecule has 0 bridgehead atoms. The average molecular weight is 263 g/mol. The van der Waals surface area contributed by atoms with E-state index in [4.69, 9.17) is 0 Å². The highest BCUT2D eigenvalue weighted by molar-refractivity contribution is 5.76. The lowest BCUT2D eigenvalue weighted by molar-refractivity contribution is -0.132. The van der Waals surface area contributed by atoms with E-state index < -0.39 is 0 Å². The summed E-state index contributed by atoms with van der Waals surface area (Å²) in [6.07, 6.45) is 5.68. The third-order valence-electron chi connectivity index (χ3n) is 3.23. The molecule has 1 fully saturated rings. The first-order chi connectivity index (χ1) is 9.25. The lowest BCUT2D eigenvalue weighted by Gasteiger charge is -2.28. The van der Waals surface area contributed by atoms with Crippen molar-refractivity contribution in [2.24, 2.45) is 0 Å². The van der Waals surface area contributed by atoms with Crippen molar-refractivity contribution in [1.29, 1.82) is 0 Å². The van der Waals surface area contributed by atoms with Gasteiger partial charge in [-0.1, -0.05) is 0 Å². The number of carbonyl (C=O) groups excluding carboxylic acids is 1. The van der Waals surface area contributed by atoms with Gasteiger partial charge in [0.25, 0.3) is 0 Å². The van der Waals surface area contributed by atoms with E-state index >= 15 is 0 Å². The van der Waals surface area contributed by atoms with Crippen molar-refractivity contribution in [3.63, 3.8) is 0 Å². The summed E-state index contributed by atoms with van der Waals surface area (Å²) in [4.78, 5) is 24.3. The fourth-order valence-corrected chi connectivity index (χ4v) is 2.13. The van der Waals surface area contributed by atoms with Crippen LogP contribution < -0.4 is 5.32 Å². The predicted molar refractivity (Wildman–Crippen MR) is 72.4 cm³/mol. The van der Waals surface area contributed by atoms with Crippen LogP contribution in [0.1, 0.15) is 12.1 Å². The van der Waals surface area contributed by atoms with Crippen molar-refractivity contribution in [1.82, 2.24) is 25.1 Å². The molecule has 0 atom stereocenters. The fraction of sp³-hybridized carbons (Fsp3) is 0.615. The maximum atomic E-state index is 12.0. The highest BCUT2D eigenvalue weighted by atomic mass is 16.2. The minimum atomic E-state index is 0.243. The van der Waals surface area contributed by atoms with Gasteiger partial charge < -0.3 is 10.2 Å². The Bertz CT molecular complexity index is 391. The zero-order valence-electron chi connectivity index (χ0n) is 11.4. The molecule has 0 aliphatic carbocycles. The summed E-state index contributed by atoms with van der Waals surface area (Å²) >= 11 is 0. The third-order valence-corrected chi connectivity index (χ3v) is 3.23. The Morgan fingerprint density at radius 1 is 1.42 bits per heavy atom. The van der Waals surface area contributed by atoms with E-state index in [0.29, 0.717) is 6.42 Å². The number of carbonyl (C=O) groups is 1. The Hall–Kier alpha value is -1.53. The molecule has 1 aromatic heterocycles. The molecule has 0 saturated carbocycles. The van der Waals surface area contributed by atoms with Gasteiger partial charge in [-0.25, -0.2) is 0 Å². The molecule has 0 spiro atoms. The molecule has 0 radical (unpaired) electrons. The second-order valence-electron chi connectivity index (χ2n) is 4.82. The normalized spacial score (nSPS) is 15.8. The van der Waals surface area contributed by atoms with Crippen LogP contribution in [0.2, 0.25) is 0 Å². The number of aromatic nitrogens is 2. The Morgan fingerprint density at radius 2 is 2.21 bits per heavy atom. The molecule has 0 aromatic carbocycles. The lowest BCUT2D eigenvalue weighted by Crippen LogP contribution is -2.47. The van der Waals surface area contributed by atoms with Gasteiger partial charge in [0.1, 0.15) is 0 Å². The number of hydrogen-bond donors (Lipinski definition) is 1. The molecule has 6 heteroatoms. The van der Waals surface area contributed by atoms with Crippen molar-refractivity contribution in [3.8, 4) is 0 Å².